The fourth-order valence-corrected chi connectivity index (χ4v) is 3.95. The molecule has 5 N–H and O–H groups in total. The van der Waals surface area contributed by atoms with E-state index < -0.39 is 11.6 Å². The van der Waals surface area contributed by atoms with Crippen molar-refractivity contribution in [3.8, 4) is 5.75 Å². The maximum Gasteiger partial charge on any atom is 0.320 e. The van der Waals surface area contributed by atoms with Crippen LogP contribution in [-0.2, 0) is 0 Å². The summed E-state index contributed by atoms with van der Waals surface area (Å²) in [7, 11) is 0. The molecule has 2 amide bonds. The number of aromatic hydroxyl groups is 1. The largest absolute Gasteiger partial charge is 0.508 e. The fraction of sp³-hybridized carbons (Fsp3) is 0.588. The van der Waals surface area contributed by atoms with E-state index in [-0.39, 0.29) is 42.4 Å². The van der Waals surface area contributed by atoms with Gasteiger partial charge in [0.15, 0.2) is 0 Å². The van der Waals surface area contributed by atoms with Gasteiger partial charge in [0, 0.05) is 30.8 Å². The van der Waals surface area contributed by atoms with Crippen LogP contribution in [0.25, 0.3) is 0 Å². The van der Waals surface area contributed by atoms with Gasteiger partial charge < -0.3 is 30.9 Å². The molecule has 1 aromatic rings. The third-order valence-electron chi connectivity index (χ3n) is 5.28. The van der Waals surface area contributed by atoms with Crippen LogP contribution in [-0.4, -0.2) is 69.5 Å². The molecule has 0 unspecified atom stereocenters. The number of benzene rings is 1. The van der Waals surface area contributed by atoms with Crippen LogP contribution in [0.1, 0.15) is 24.4 Å². The fourth-order valence-electron chi connectivity index (χ4n) is 3.62. The van der Waals surface area contributed by atoms with Gasteiger partial charge in [0.1, 0.15) is 11.4 Å². The standard InChI is InChI=1S/C17H23Cl2N3O4/c18-12-5-11(14(24)6-13(12)19)15(20)10-1-3-21(4-2-10)16(25)22-7-17(26,8-22)9-23/h5-6,10,15,23-24,26H,1-4,7-9,20H2/t15-/m1/s1. The van der Waals surface area contributed by atoms with Crippen LogP contribution in [0.15, 0.2) is 12.1 Å². The Balaban J connectivity index is 1.57. The lowest BCUT2D eigenvalue weighted by Gasteiger charge is -2.48. The van der Waals surface area contributed by atoms with Crippen LogP contribution in [0.3, 0.4) is 0 Å². The molecule has 2 aliphatic rings. The van der Waals surface area contributed by atoms with Gasteiger partial charge in [-0.1, -0.05) is 23.2 Å². The van der Waals surface area contributed by atoms with E-state index in [1.807, 2.05) is 0 Å². The smallest absolute Gasteiger partial charge is 0.320 e. The number of phenolic OH excluding ortho intramolecular Hbond substituents is 1. The SMILES string of the molecule is N[C@@H](c1cc(Cl)c(Cl)cc1O)C1CCN(C(=O)N2CC(O)(CO)C2)CC1. The van der Waals surface area contributed by atoms with Crippen LogP contribution in [0.2, 0.25) is 10.0 Å². The van der Waals surface area contributed by atoms with Gasteiger partial charge in [-0.2, -0.15) is 0 Å². The van der Waals surface area contributed by atoms with E-state index in [1.54, 1.807) is 11.0 Å². The monoisotopic (exact) mass is 403 g/mol. The molecule has 7 nitrogen and oxygen atoms in total. The molecule has 2 saturated heterocycles. The molecule has 0 spiro atoms. The summed E-state index contributed by atoms with van der Waals surface area (Å²) < 4.78 is 0. The van der Waals surface area contributed by atoms with Crippen molar-refractivity contribution < 1.29 is 20.1 Å². The van der Waals surface area contributed by atoms with Gasteiger partial charge in [0.2, 0.25) is 0 Å². The van der Waals surface area contributed by atoms with Gasteiger partial charge in [-0.25, -0.2) is 4.79 Å². The van der Waals surface area contributed by atoms with E-state index in [4.69, 9.17) is 34.0 Å². The van der Waals surface area contributed by atoms with E-state index in [0.29, 0.717) is 36.5 Å². The molecule has 2 fully saturated rings. The highest BCUT2D eigenvalue weighted by molar-refractivity contribution is 6.42. The van der Waals surface area contributed by atoms with E-state index in [0.717, 1.165) is 0 Å². The summed E-state index contributed by atoms with van der Waals surface area (Å²) in [6.07, 6.45) is 1.40. The molecule has 2 aliphatic heterocycles. The summed E-state index contributed by atoms with van der Waals surface area (Å²) in [5.74, 6) is 0.127. The number of carbonyl (C=O) groups excluding carboxylic acids is 1. The zero-order valence-electron chi connectivity index (χ0n) is 14.2. The second kappa shape index (κ2) is 7.40. The van der Waals surface area contributed by atoms with Crippen molar-refractivity contribution in [1.82, 2.24) is 9.80 Å². The molecule has 0 radical (unpaired) electrons. The quantitative estimate of drug-likeness (QED) is 0.612. The summed E-state index contributed by atoms with van der Waals surface area (Å²) in [6.45, 7) is 1.05. The number of halogens is 2. The molecule has 0 bridgehead atoms. The Morgan fingerprint density at radius 1 is 1.23 bits per heavy atom. The summed E-state index contributed by atoms with van der Waals surface area (Å²) >= 11 is 11.9. The Labute approximate surface area is 161 Å². The summed E-state index contributed by atoms with van der Waals surface area (Å²) in [6, 6.07) is 2.46. The lowest BCUT2D eigenvalue weighted by Crippen LogP contribution is -2.67. The number of likely N-dealkylation sites (tertiary alicyclic amines) is 2. The maximum absolute atomic E-state index is 12.4. The highest BCUT2D eigenvalue weighted by Crippen LogP contribution is 2.38. The minimum atomic E-state index is -1.16. The van der Waals surface area contributed by atoms with Gasteiger partial charge in [-0.3, -0.25) is 0 Å². The second-order valence-corrected chi connectivity index (χ2v) is 8.01. The molecule has 1 atom stereocenters. The van der Waals surface area contributed by atoms with E-state index in [9.17, 15) is 15.0 Å². The molecule has 2 heterocycles. The number of nitrogens with two attached hydrogens (primary N) is 1. The number of amides is 2. The predicted octanol–water partition coefficient (Wildman–Crippen LogP) is 1.57. The summed E-state index contributed by atoms with van der Waals surface area (Å²) in [5.41, 5.74) is 5.72. The first kappa shape index (κ1) is 19.5. The first-order valence-corrected chi connectivity index (χ1v) is 9.30. The van der Waals surface area contributed by atoms with Crippen molar-refractivity contribution >= 4 is 29.2 Å². The average Bonchev–Trinajstić information content (AvgIpc) is 2.61. The maximum atomic E-state index is 12.4. The van der Waals surface area contributed by atoms with Crippen LogP contribution < -0.4 is 5.73 Å². The topological polar surface area (TPSA) is 110 Å². The van der Waals surface area contributed by atoms with Crippen molar-refractivity contribution in [2.45, 2.75) is 24.5 Å². The third-order valence-corrected chi connectivity index (χ3v) is 6.00. The van der Waals surface area contributed by atoms with Crippen molar-refractivity contribution in [3.05, 3.63) is 27.7 Å². The number of piperidine rings is 1. The molecule has 0 saturated carbocycles. The number of carbonyl (C=O) groups is 1. The molecular weight excluding hydrogens is 381 g/mol. The molecular formula is C17H23Cl2N3O4. The third kappa shape index (κ3) is 3.73. The van der Waals surface area contributed by atoms with Gasteiger partial charge in [-0.15, -0.1) is 0 Å². The van der Waals surface area contributed by atoms with Crippen LogP contribution >= 0.6 is 23.2 Å². The Bertz CT molecular complexity index is 689. The Morgan fingerprint density at radius 3 is 2.38 bits per heavy atom. The number of phenols is 1. The van der Waals surface area contributed by atoms with E-state index >= 15 is 0 Å². The minimum absolute atomic E-state index is 0.0225. The molecule has 1 aromatic carbocycles. The van der Waals surface area contributed by atoms with Gasteiger partial charge in [0.05, 0.1) is 29.7 Å². The van der Waals surface area contributed by atoms with Crippen molar-refractivity contribution in [2.24, 2.45) is 11.7 Å². The van der Waals surface area contributed by atoms with Crippen molar-refractivity contribution in [1.29, 1.82) is 0 Å². The first-order chi connectivity index (χ1) is 12.2. The zero-order chi connectivity index (χ0) is 19.1. The molecule has 0 aromatic heterocycles. The Hall–Kier alpha value is -1.25. The molecule has 26 heavy (non-hydrogen) atoms. The van der Waals surface area contributed by atoms with Gasteiger partial charge >= 0.3 is 6.03 Å². The average molecular weight is 404 g/mol. The Morgan fingerprint density at radius 2 is 1.81 bits per heavy atom. The highest BCUT2D eigenvalue weighted by Gasteiger charge is 2.45. The van der Waals surface area contributed by atoms with Crippen molar-refractivity contribution in [3.63, 3.8) is 0 Å². The summed E-state index contributed by atoms with van der Waals surface area (Å²) in [5, 5.41) is 29.6. The number of β-amino-alcohol motifs (C(OH)–C–C–N with tert-alkyl or cyclic N) is 1. The number of aliphatic hydroxyl groups excluding tert-OH is 1. The first-order valence-electron chi connectivity index (χ1n) is 8.54. The van der Waals surface area contributed by atoms with Gasteiger partial charge in [-0.05, 0) is 24.8 Å². The zero-order valence-corrected chi connectivity index (χ0v) is 15.7. The number of rotatable bonds is 3. The molecule has 9 heteroatoms. The lowest BCUT2D eigenvalue weighted by atomic mass is 9.85. The van der Waals surface area contributed by atoms with E-state index in [1.165, 1.54) is 11.0 Å². The number of nitrogens with zero attached hydrogens (tertiary/aromatic N) is 2. The number of urea groups is 1. The number of hydrogen-bond donors (Lipinski definition) is 4. The predicted molar refractivity (Wildman–Crippen MR) is 98.4 cm³/mol. The molecule has 3 rings (SSSR count). The van der Waals surface area contributed by atoms with Crippen LogP contribution in [0.5, 0.6) is 5.75 Å². The van der Waals surface area contributed by atoms with Crippen LogP contribution in [0.4, 0.5) is 4.79 Å². The van der Waals surface area contributed by atoms with E-state index in [2.05, 4.69) is 0 Å². The van der Waals surface area contributed by atoms with Crippen LogP contribution in [0, 0.1) is 5.92 Å². The summed E-state index contributed by atoms with van der Waals surface area (Å²) in [4.78, 5) is 15.7. The lowest BCUT2D eigenvalue weighted by molar-refractivity contribution is -0.111. The molecule has 0 aliphatic carbocycles. The normalized spacial score (nSPS) is 21.4. The second-order valence-electron chi connectivity index (χ2n) is 7.20. The number of hydrogen-bond acceptors (Lipinski definition) is 5. The minimum Gasteiger partial charge on any atom is -0.508 e. The van der Waals surface area contributed by atoms with Crippen molar-refractivity contribution in [2.75, 3.05) is 32.8 Å². The molecule has 144 valence electrons. The Kier molecular flexibility index (Phi) is 5.55. The highest BCUT2D eigenvalue weighted by atomic mass is 35.5. The number of aliphatic hydroxyl groups is 2. The van der Waals surface area contributed by atoms with Gasteiger partial charge in [0.25, 0.3) is 0 Å².